The van der Waals surface area contributed by atoms with E-state index in [1.807, 2.05) is 30.3 Å². The maximum absolute atomic E-state index is 9.91. The summed E-state index contributed by atoms with van der Waals surface area (Å²) in [7, 11) is 0. The van der Waals surface area contributed by atoms with E-state index >= 15 is 0 Å². The lowest BCUT2D eigenvalue weighted by Crippen LogP contribution is -1.96. The van der Waals surface area contributed by atoms with Crippen molar-refractivity contribution in [2.75, 3.05) is 0 Å². The van der Waals surface area contributed by atoms with Crippen molar-refractivity contribution in [1.29, 1.82) is 5.26 Å². The fourth-order valence-electron chi connectivity index (χ4n) is 5.33. The summed E-state index contributed by atoms with van der Waals surface area (Å²) in [6.45, 7) is 0. The van der Waals surface area contributed by atoms with Gasteiger partial charge in [-0.3, -0.25) is 0 Å². The van der Waals surface area contributed by atoms with Gasteiger partial charge in [0.05, 0.1) is 27.6 Å². The van der Waals surface area contributed by atoms with Crippen LogP contribution in [0, 0.1) is 11.3 Å². The van der Waals surface area contributed by atoms with Crippen molar-refractivity contribution in [1.82, 2.24) is 9.13 Å². The summed E-state index contributed by atoms with van der Waals surface area (Å²) < 4.78 is 4.54. The second-order valence-corrected chi connectivity index (χ2v) is 8.56. The molecule has 0 aliphatic rings. The van der Waals surface area contributed by atoms with Crippen LogP contribution in [0.15, 0.2) is 115 Å². The monoisotopic (exact) mass is 433 g/mol. The maximum Gasteiger partial charge on any atom is 0.101 e. The molecule has 34 heavy (non-hydrogen) atoms. The minimum Gasteiger partial charge on any atom is -0.309 e. The van der Waals surface area contributed by atoms with Crippen molar-refractivity contribution in [3.8, 4) is 17.4 Å². The number of hydrogen-bond donors (Lipinski definition) is 0. The zero-order valence-corrected chi connectivity index (χ0v) is 18.3. The van der Waals surface area contributed by atoms with E-state index in [4.69, 9.17) is 0 Å². The summed E-state index contributed by atoms with van der Waals surface area (Å²) in [6.07, 6.45) is 0. The number of para-hydroxylation sites is 4. The number of rotatable bonds is 2. The van der Waals surface area contributed by atoms with Crippen molar-refractivity contribution < 1.29 is 0 Å². The Morgan fingerprint density at radius 2 is 1.09 bits per heavy atom. The zero-order valence-electron chi connectivity index (χ0n) is 18.3. The number of aromatic nitrogens is 2. The van der Waals surface area contributed by atoms with Crippen LogP contribution in [0.1, 0.15) is 5.56 Å². The predicted molar refractivity (Wildman–Crippen MR) is 140 cm³/mol. The van der Waals surface area contributed by atoms with Gasteiger partial charge in [0.15, 0.2) is 0 Å². The number of nitrogens with zero attached hydrogens (tertiary/aromatic N) is 3. The molecule has 0 radical (unpaired) electrons. The third-order valence-corrected chi connectivity index (χ3v) is 6.74. The molecule has 0 bridgehead atoms. The van der Waals surface area contributed by atoms with Crippen molar-refractivity contribution in [3.05, 3.63) is 121 Å². The molecule has 3 heteroatoms. The van der Waals surface area contributed by atoms with E-state index in [-0.39, 0.29) is 0 Å². The first kappa shape index (κ1) is 18.7. The van der Waals surface area contributed by atoms with E-state index in [1.54, 1.807) is 0 Å². The van der Waals surface area contributed by atoms with Gasteiger partial charge in [-0.2, -0.15) is 5.26 Å². The van der Waals surface area contributed by atoms with Gasteiger partial charge in [0.25, 0.3) is 0 Å². The highest BCUT2D eigenvalue weighted by atomic mass is 15.0. The van der Waals surface area contributed by atoms with Gasteiger partial charge < -0.3 is 9.13 Å². The molecule has 5 aromatic carbocycles. The normalized spacial score (nSPS) is 11.5. The Labute approximate surface area is 196 Å². The minimum absolute atomic E-state index is 0.677. The van der Waals surface area contributed by atoms with Crippen LogP contribution in [0.25, 0.3) is 55.0 Å². The SMILES string of the molecule is N#Cc1cccc2c3cc(-n4c5ccccc5c5ccccc54)ccc3n(-c3ccccc3)c12. The van der Waals surface area contributed by atoms with Crippen molar-refractivity contribution in [2.24, 2.45) is 0 Å². The molecule has 0 aliphatic carbocycles. The maximum atomic E-state index is 9.91. The van der Waals surface area contributed by atoms with E-state index < -0.39 is 0 Å². The molecule has 7 rings (SSSR count). The van der Waals surface area contributed by atoms with Gasteiger partial charge in [-0.25, -0.2) is 0 Å². The van der Waals surface area contributed by atoms with Crippen LogP contribution in [-0.4, -0.2) is 9.13 Å². The summed E-state index contributed by atoms with van der Waals surface area (Å²) >= 11 is 0. The largest absolute Gasteiger partial charge is 0.309 e. The number of nitriles is 1. The average molecular weight is 434 g/mol. The van der Waals surface area contributed by atoms with Crippen LogP contribution < -0.4 is 0 Å². The molecule has 2 aromatic heterocycles. The molecule has 3 nitrogen and oxygen atoms in total. The van der Waals surface area contributed by atoms with E-state index in [1.165, 1.54) is 21.8 Å². The molecule has 2 heterocycles. The highest BCUT2D eigenvalue weighted by molar-refractivity contribution is 6.13. The first-order valence-corrected chi connectivity index (χ1v) is 11.4. The average Bonchev–Trinajstić information content (AvgIpc) is 3.42. The quantitative estimate of drug-likeness (QED) is 0.274. The Hall–Kier alpha value is -4.81. The van der Waals surface area contributed by atoms with Crippen LogP contribution in [0.3, 0.4) is 0 Å². The topological polar surface area (TPSA) is 33.6 Å². The summed E-state index contributed by atoms with van der Waals surface area (Å²) in [5, 5.41) is 14.6. The van der Waals surface area contributed by atoms with Crippen LogP contribution in [0.4, 0.5) is 0 Å². The molecule has 0 unspecified atom stereocenters. The van der Waals surface area contributed by atoms with E-state index in [0.29, 0.717) is 5.56 Å². The summed E-state index contributed by atoms with van der Waals surface area (Å²) in [5.41, 5.74) is 7.25. The number of hydrogen-bond acceptors (Lipinski definition) is 1. The molecule has 7 aromatic rings. The van der Waals surface area contributed by atoms with Gasteiger partial charge in [-0.1, -0.05) is 66.7 Å². The van der Waals surface area contributed by atoms with Crippen LogP contribution >= 0.6 is 0 Å². The van der Waals surface area contributed by atoms with Gasteiger partial charge in [0, 0.05) is 32.9 Å². The van der Waals surface area contributed by atoms with Gasteiger partial charge in [0.1, 0.15) is 6.07 Å². The van der Waals surface area contributed by atoms with Crippen LogP contribution in [0.2, 0.25) is 0 Å². The van der Waals surface area contributed by atoms with Crippen molar-refractivity contribution in [3.63, 3.8) is 0 Å². The molecule has 0 aliphatic heterocycles. The van der Waals surface area contributed by atoms with Gasteiger partial charge >= 0.3 is 0 Å². The molecular weight excluding hydrogens is 414 g/mol. The lowest BCUT2D eigenvalue weighted by atomic mass is 10.1. The predicted octanol–water partition coefficient (Wildman–Crippen LogP) is 7.75. The van der Waals surface area contributed by atoms with E-state index in [0.717, 1.165) is 33.2 Å². The molecular formula is C31H19N3. The van der Waals surface area contributed by atoms with Crippen LogP contribution in [0.5, 0.6) is 0 Å². The Balaban J connectivity index is 1.62. The first-order valence-electron chi connectivity index (χ1n) is 11.4. The highest BCUT2D eigenvalue weighted by Gasteiger charge is 2.17. The number of fused-ring (bicyclic) bond motifs is 6. The minimum atomic E-state index is 0.677. The molecule has 0 saturated heterocycles. The molecule has 0 atom stereocenters. The van der Waals surface area contributed by atoms with Gasteiger partial charge in [-0.15, -0.1) is 0 Å². The fraction of sp³-hybridized carbons (Fsp3) is 0. The third-order valence-electron chi connectivity index (χ3n) is 6.74. The smallest absolute Gasteiger partial charge is 0.101 e. The Morgan fingerprint density at radius 1 is 0.471 bits per heavy atom. The molecule has 0 N–H and O–H groups in total. The fourth-order valence-corrected chi connectivity index (χ4v) is 5.33. The Kier molecular flexibility index (Phi) is 3.91. The second-order valence-electron chi connectivity index (χ2n) is 8.56. The Morgan fingerprint density at radius 3 is 1.79 bits per heavy atom. The summed E-state index contributed by atoms with van der Waals surface area (Å²) in [5.74, 6) is 0. The molecule has 0 spiro atoms. The van der Waals surface area contributed by atoms with E-state index in [9.17, 15) is 5.26 Å². The molecule has 0 fully saturated rings. The number of benzene rings is 5. The lowest BCUT2D eigenvalue weighted by molar-refractivity contribution is 1.16. The van der Waals surface area contributed by atoms with Gasteiger partial charge in [-0.05, 0) is 48.5 Å². The highest BCUT2D eigenvalue weighted by Crippen LogP contribution is 2.37. The van der Waals surface area contributed by atoms with Crippen molar-refractivity contribution >= 4 is 43.6 Å². The Bertz CT molecular complexity index is 1860. The molecule has 0 amide bonds. The zero-order chi connectivity index (χ0) is 22.6. The summed E-state index contributed by atoms with van der Waals surface area (Å²) in [6, 6.07) is 42.4. The van der Waals surface area contributed by atoms with E-state index in [2.05, 4.69) is 100 Å². The summed E-state index contributed by atoms with van der Waals surface area (Å²) in [4.78, 5) is 0. The second kappa shape index (κ2) is 7.10. The van der Waals surface area contributed by atoms with Crippen LogP contribution in [-0.2, 0) is 0 Å². The third kappa shape index (κ3) is 2.51. The molecule has 0 saturated carbocycles. The lowest BCUT2D eigenvalue weighted by Gasteiger charge is -2.10. The van der Waals surface area contributed by atoms with Gasteiger partial charge in [0.2, 0.25) is 0 Å². The first-order chi connectivity index (χ1) is 16.8. The van der Waals surface area contributed by atoms with Crippen molar-refractivity contribution in [2.45, 2.75) is 0 Å². The molecule has 158 valence electrons. The standard InChI is InChI=1S/C31H19N3/c32-20-21-9-8-14-26-27-19-23(17-18-30(27)34(31(21)26)22-10-2-1-3-11-22)33-28-15-6-4-12-24(28)25-13-5-7-16-29(25)33/h1-19H.